The van der Waals surface area contributed by atoms with Gasteiger partial charge in [0.15, 0.2) is 0 Å². The van der Waals surface area contributed by atoms with Gasteiger partial charge in [-0.25, -0.2) is 0 Å². The molecule has 3 rings (SSSR count). The summed E-state index contributed by atoms with van der Waals surface area (Å²) in [5, 5.41) is 0. The molecule has 0 saturated carbocycles. The van der Waals surface area contributed by atoms with Crippen LogP contribution in [-0.2, 0) is 11.2 Å². The van der Waals surface area contributed by atoms with Gasteiger partial charge in [-0.2, -0.15) is 0 Å². The molecule has 3 unspecified atom stereocenters. The van der Waals surface area contributed by atoms with Crippen molar-refractivity contribution in [2.75, 3.05) is 13.2 Å². The van der Waals surface area contributed by atoms with E-state index in [0.717, 1.165) is 44.6 Å². The summed E-state index contributed by atoms with van der Waals surface area (Å²) in [5.41, 5.74) is 9.01. The van der Waals surface area contributed by atoms with Crippen molar-refractivity contribution in [3.8, 4) is 5.75 Å². The Morgan fingerprint density at radius 3 is 3.11 bits per heavy atom. The maximum Gasteiger partial charge on any atom is 0.127 e. The molecule has 1 aromatic rings. The first-order chi connectivity index (χ1) is 9.31. The summed E-state index contributed by atoms with van der Waals surface area (Å²) in [6.45, 7) is 3.83. The molecular formula is C16H23NO2. The van der Waals surface area contributed by atoms with E-state index >= 15 is 0 Å². The van der Waals surface area contributed by atoms with Gasteiger partial charge in [0.1, 0.15) is 5.75 Å². The molecule has 19 heavy (non-hydrogen) atoms. The van der Waals surface area contributed by atoms with Crippen LogP contribution in [0.4, 0.5) is 0 Å². The van der Waals surface area contributed by atoms with Gasteiger partial charge in [0.25, 0.3) is 0 Å². The summed E-state index contributed by atoms with van der Waals surface area (Å²) in [6.07, 6.45) is 4.61. The minimum absolute atomic E-state index is 0.0282. The van der Waals surface area contributed by atoms with E-state index in [-0.39, 0.29) is 6.04 Å². The van der Waals surface area contributed by atoms with Gasteiger partial charge in [-0.15, -0.1) is 0 Å². The maximum absolute atomic E-state index is 6.53. The number of rotatable bonds is 3. The molecule has 2 heterocycles. The van der Waals surface area contributed by atoms with E-state index in [1.165, 1.54) is 11.1 Å². The number of fused-ring (bicyclic) bond motifs is 1. The third-order valence-electron chi connectivity index (χ3n) is 4.45. The highest BCUT2D eigenvalue weighted by Crippen LogP contribution is 2.39. The molecule has 3 heteroatoms. The second-order valence-electron chi connectivity index (χ2n) is 5.58. The number of hydrogen-bond donors (Lipinski definition) is 1. The predicted molar refractivity (Wildman–Crippen MR) is 75.3 cm³/mol. The molecule has 1 fully saturated rings. The number of ether oxygens (including phenoxy) is 2. The molecule has 1 saturated heterocycles. The van der Waals surface area contributed by atoms with Crippen LogP contribution in [0.3, 0.4) is 0 Å². The van der Waals surface area contributed by atoms with Gasteiger partial charge in [-0.05, 0) is 31.2 Å². The lowest BCUT2D eigenvalue weighted by molar-refractivity contribution is 0.0810. The molecule has 0 amide bonds. The summed E-state index contributed by atoms with van der Waals surface area (Å²) in [7, 11) is 0. The molecule has 2 aliphatic rings. The third kappa shape index (κ3) is 2.37. The number of para-hydroxylation sites is 1. The Labute approximate surface area is 115 Å². The van der Waals surface area contributed by atoms with E-state index in [2.05, 4.69) is 25.1 Å². The summed E-state index contributed by atoms with van der Waals surface area (Å²) < 4.78 is 11.7. The van der Waals surface area contributed by atoms with E-state index < -0.39 is 0 Å². The average molecular weight is 261 g/mol. The third-order valence-corrected chi connectivity index (χ3v) is 4.45. The number of aryl methyl sites for hydroxylation is 1. The van der Waals surface area contributed by atoms with Crippen LogP contribution in [0, 0.1) is 5.92 Å². The summed E-state index contributed by atoms with van der Waals surface area (Å²) >= 11 is 0. The second-order valence-corrected chi connectivity index (χ2v) is 5.58. The van der Waals surface area contributed by atoms with Crippen LogP contribution in [0.2, 0.25) is 0 Å². The van der Waals surface area contributed by atoms with Crippen LogP contribution in [0.15, 0.2) is 18.2 Å². The fourth-order valence-electron chi connectivity index (χ4n) is 3.40. The first-order valence-electron chi connectivity index (χ1n) is 7.43. The monoisotopic (exact) mass is 261 g/mol. The fraction of sp³-hybridized carbons (Fsp3) is 0.625. The van der Waals surface area contributed by atoms with E-state index in [0.29, 0.717) is 12.0 Å². The van der Waals surface area contributed by atoms with Crippen molar-refractivity contribution < 1.29 is 9.47 Å². The average Bonchev–Trinajstić information content (AvgIpc) is 2.94. The zero-order valence-electron chi connectivity index (χ0n) is 11.6. The normalized spacial score (nSPS) is 27.7. The molecule has 0 radical (unpaired) electrons. The van der Waals surface area contributed by atoms with Crippen LogP contribution in [0.5, 0.6) is 5.75 Å². The van der Waals surface area contributed by atoms with Gasteiger partial charge in [-0.3, -0.25) is 0 Å². The molecule has 3 atom stereocenters. The summed E-state index contributed by atoms with van der Waals surface area (Å²) in [5.74, 6) is 1.46. The molecule has 2 N–H and O–H groups in total. The van der Waals surface area contributed by atoms with Crippen molar-refractivity contribution in [2.24, 2.45) is 11.7 Å². The molecule has 0 aliphatic carbocycles. The zero-order chi connectivity index (χ0) is 13.2. The Kier molecular flexibility index (Phi) is 3.76. The lowest BCUT2D eigenvalue weighted by Crippen LogP contribution is -2.29. The first kappa shape index (κ1) is 12.9. The molecule has 104 valence electrons. The fourth-order valence-corrected chi connectivity index (χ4v) is 3.40. The van der Waals surface area contributed by atoms with Crippen molar-refractivity contribution in [2.45, 2.75) is 44.8 Å². The summed E-state index contributed by atoms with van der Waals surface area (Å²) in [4.78, 5) is 0. The van der Waals surface area contributed by atoms with Crippen molar-refractivity contribution in [1.82, 2.24) is 0 Å². The second kappa shape index (κ2) is 5.51. The van der Waals surface area contributed by atoms with Gasteiger partial charge in [0.2, 0.25) is 0 Å². The Morgan fingerprint density at radius 1 is 1.37 bits per heavy atom. The number of nitrogens with two attached hydrogens (primary N) is 1. The molecular weight excluding hydrogens is 238 g/mol. The standard InChI is InChI=1S/C16H23NO2/c1-2-14-12(8-10-18-14)15(17)13-7-3-5-11-6-4-9-19-16(11)13/h3,5,7,12,14-15H,2,4,6,8-10,17H2,1H3. The molecule has 1 aromatic carbocycles. The first-order valence-corrected chi connectivity index (χ1v) is 7.43. The molecule has 0 bridgehead atoms. The Hall–Kier alpha value is -1.06. The quantitative estimate of drug-likeness (QED) is 0.910. The van der Waals surface area contributed by atoms with Gasteiger partial charge in [0.05, 0.1) is 12.7 Å². The minimum atomic E-state index is 0.0282. The van der Waals surface area contributed by atoms with Crippen LogP contribution >= 0.6 is 0 Å². The van der Waals surface area contributed by atoms with E-state index in [9.17, 15) is 0 Å². The molecule has 0 aromatic heterocycles. The molecule has 2 aliphatic heterocycles. The Morgan fingerprint density at radius 2 is 2.26 bits per heavy atom. The van der Waals surface area contributed by atoms with Gasteiger partial charge >= 0.3 is 0 Å². The van der Waals surface area contributed by atoms with Crippen molar-refractivity contribution in [3.05, 3.63) is 29.3 Å². The van der Waals surface area contributed by atoms with E-state index in [1.807, 2.05) is 0 Å². The highest BCUT2D eigenvalue weighted by Gasteiger charge is 2.34. The van der Waals surface area contributed by atoms with Crippen LogP contribution < -0.4 is 10.5 Å². The smallest absolute Gasteiger partial charge is 0.127 e. The highest BCUT2D eigenvalue weighted by atomic mass is 16.5. The van der Waals surface area contributed by atoms with Crippen LogP contribution in [0.25, 0.3) is 0 Å². The van der Waals surface area contributed by atoms with Crippen molar-refractivity contribution in [3.63, 3.8) is 0 Å². The summed E-state index contributed by atoms with van der Waals surface area (Å²) in [6, 6.07) is 6.42. The van der Waals surface area contributed by atoms with Gasteiger partial charge < -0.3 is 15.2 Å². The SMILES string of the molecule is CCC1OCCC1C(N)c1cccc2c1OCCC2. The van der Waals surface area contributed by atoms with Gasteiger partial charge in [0, 0.05) is 24.1 Å². The number of benzene rings is 1. The largest absolute Gasteiger partial charge is 0.493 e. The Bertz CT molecular complexity index is 446. The van der Waals surface area contributed by atoms with Crippen molar-refractivity contribution >= 4 is 0 Å². The number of hydrogen-bond acceptors (Lipinski definition) is 3. The van der Waals surface area contributed by atoms with E-state index in [1.54, 1.807) is 0 Å². The topological polar surface area (TPSA) is 44.5 Å². The Balaban J connectivity index is 1.89. The minimum Gasteiger partial charge on any atom is -0.493 e. The zero-order valence-corrected chi connectivity index (χ0v) is 11.6. The lowest BCUT2D eigenvalue weighted by Gasteiger charge is -2.28. The van der Waals surface area contributed by atoms with Gasteiger partial charge in [-0.1, -0.05) is 25.1 Å². The highest BCUT2D eigenvalue weighted by molar-refractivity contribution is 5.44. The van der Waals surface area contributed by atoms with E-state index in [4.69, 9.17) is 15.2 Å². The van der Waals surface area contributed by atoms with Crippen molar-refractivity contribution in [1.29, 1.82) is 0 Å². The van der Waals surface area contributed by atoms with Crippen LogP contribution in [-0.4, -0.2) is 19.3 Å². The van der Waals surface area contributed by atoms with Crippen LogP contribution in [0.1, 0.15) is 43.4 Å². The molecule has 3 nitrogen and oxygen atoms in total. The molecule has 0 spiro atoms. The maximum atomic E-state index is 6.53. The lowest BCUT2D eigenvalue weighted by atomic mass is 9.85. The predicted octanol–water partition coefficient (Wildman–Crippen LogP) is 2.83.